The number of esters is 4. The number of carbonyl (C=O) groups excluding carboxylic acids is 4. The Kier molecular flexibility index (Phi) is 71.4. The average Bonchev–Trinajstić information content (AvgIpc) is 0.923. The summed E-state index contributed by atoms with van der Waals surface area (Å²) in [7, 11) is -9.97. The van der Waals surface area contributed by atoms with E-state index in [0.717, 1.165) is 193 Å². The highest BCUT2D eigenvalue weighted by Gasteiger charge is 2.30. The maximum absolute atomic E-state index is 13.1. The molecule has 19 heteroatoms. The molecule has 17 nitrogen and oxygen atoms in total. The van der Waals surface area contributed by atoms with Crippen LogP contribution in [0.2, 0.25) is 0 Å². The van der Waals surface area contributed by atoms with Crippen LogP contribution in [0.4, 0.5) is 0 Å². The quantitative estimate of drug-likeness (QED) is 0.0169. The number of phosphoric ester groups is 2. The number of rotatable bonds is 74. The lowest BCUT2D eigenvalue weighted by Gasteiger charge is -2.21. The molecule has 5 unspecified atom stereocenters. The van der Waals surface area contributed by atoms with Crippen LogP contribution in [0, 0.1) is 0 Å². The summed E-state index contributed by atoms with van der Waals surface area (Å²) in [6, 6.07) is 0. The molecule has 0 spiro atoms. The number of aliphatic hydroxyl groups is 1. The summed E-state index contributed by atoms with van der Waals surface area (Å²) in [5.41, 5.74) is 0. The van der Waals surface area contributed by atoms with Crippen molar-refractivity contribution in [3.8, 4) is 0 Å². The third-order valence-electron chi connectivity index (χ3n) is 16.4. The third-order valence-corrected chi connectivity index (χ3v) is 18.3. The molecule has 5 atom stereocenters. The van der Waals surface area contributed by atoms with E-state index in [1.165, 1.54) is 51.4 Å². The Morgan fingerprint density at radius 3 is 0.833 bits per heavy atom. The minimum atomic E-state index is -4.99. The lowest BCUT2D eigenvalue weighted by atomic mass is 10.0. The standard InChI is InChI=1S/C83H142O17P2/c1-5-9-13-17-21-25-29-33-35-37-38-40-41-45-48-52-56-60-64-68-81(86)94-74-79(100-83(88)70-66-62-58-54-50-46-42-39-36-34-30-26-22-18-14-10-6-2)76-98-102(91,92)96-72-77(84)71-95-101(89,90)97-75-78(99-82(87)69-65-61-57-53-49-44-32-28-24-20-16-12-8-4)73-93-80(85)67-63-59-55-51-47-43-31-27-23-19-15-11-7-3/h9-10,13-15,19,21-22,25-27,31,33-36,38,40,45,48,77-79,84H,5-8,11-12,16-18,20,23-24,28-30,32,37,39,41-44,46-47,49-76H2,1-4H3,(H,89,90)(H,91,92)/b13-9-,14-10-,19-15-,25-21-,26-22-,31-27-,35-33-,36-34-,40-38-,48-45-. The first-order chi connectivity index (χ1) is 49.7. The Morgan fingerprint density at radius 2 is 0.529 bits per heavy atom. The van der Waals surface area contributed by atoms with Gasteiger partial charge in [-0.05, 0) is 128 Å². The van der Waals surface area contributed by atoms with Crippen LogP contribution in [-0.4, -0.2) is 96.7 Å². The Hall–Kier alpha value is -4.54. The van der Waals surface area contributed by atoms with Gasteiger partial charge in [0.25, 0.3) is 0 Å². The number of carbonyl (C=O) groups is 4. The van der Waals surface area contributed by atoms with Gasteiger partial charge in [0.1, 0.15) is 19.3 Å². The van der Waals surface area contributed by atoms with E-state index in [1.54, 1.807) is 0 Å². The lowest BCUT2D eigenvalue weighted by molar-refractivity contribution is -0.161. The van der Waals surface area contributed by atoms with Gasteiger partial charge in [-0.25, -0.2) is 9.13 Å². The van der Waals surface area contributed by atoms with Gasteiger partial charge in [0, 0.05) is 25.7 Å². The number of hydrogen-bond acceptors (Lipinski definition) is 15. The molecule has 0 aromatic heterocycles. The number of allylic oxidation sites excluding steroid dienone is 20. The van der Waals surface area contributed by atoms with Gasteiger partial charge in [0.05, 0.1) is 26.4 Å². The smallest absolute Gasteiger partial charge is 0.462 e. The maximum atomic E-state index is 13.1. The minimum absolute atomic E-state index is 0.0737. The van der Waals surface area contributed by atoms with Crippen molar-refractivity contribution in [3.63, 3.8) is 0 Å². The van der Waals surface area contributed by atoms with Gasteiger partial charge in [0.2, 0.25) is 0 Å². The van der Waals surface area contributed by atoms with Gasteiger partial charge in [-0.2, -0.15) is 0 Å². The minimum Gasteiger partial charge on any atom is -0.462 e. The predicted molar refractivity (Wildman–Crippen MR) is 418 cm³/mol. The van der Waals surface area contributed by atoms with Crippen LogP contribution in [0.25, 0.3) is 0 Å². The Labute approximate surface area is 619 Å². The van der Waals surface area contributed by atoms with Gasteiger partial charge in [-0.1, -0.05) is 290 Å². The number of ether oxygens (including phenoxy) is 4. The molecule has 586 valence electrons. The molecule has 0 aliphatic carbocycles. The van der Waals surface area contributed by atoms with Crippen LogP contribution in [0.1, 0.15) is 323 Å². The molecule has 0 heterocycles. The van der Waals surface area contributed by atoms with Crippen molar-refractivity contribution >= 4 is 39.5 Å². The molecule has 0 aliphatic heterocycles. The summed E-state index contributed by atoms with van der Waals surface area (Å²) in [5, 5.41) is 10.6. The lowest BCUT2D eigenvalue weighted by Crippen LogP contribution is -2.30. The third kappa shape index (κ3) is 73.8. The summed E-state index contributed by atoms with van der Waals surface area (Å²) in [4.78, 5) is 73.0. The predicted octanol–water partition coefficient (Wildman–Crippen LogP) is 23.1. The Bertz CT molecular complexity index is 2410. The van der Waals surface area contributed by atoms with E-state index >= 15 is 0 Å². The highest BCUT2D eigenvalue weighted by Crippen LogP contribution is 2.45. The monoisotopic (exact) mass is 1470 g/mol. The molecule has 0 rings (SSSR count). The fourth-order valence-corrected chi connectivity index (χ4v) is 12.0. The molecule has 102 heavy (non-hydrogen) atoms. The molecular formula is C83H142O17P2. The van der Waals surface area contributed by atoms with Crippen LogP contribution >= 0.6 is 15.6 Å². The van der Waals surface area contributed by atoms with E-state index < -0.39 is 97.5 Å². The Morgan fingerprint density at radius 1 is 0.284 bits per heavy atom. The van der Waals surface area contributed by atoms with E-state index in [-0.39, 0.29) is 25.7 Å². The highest BCUT2D eigenvalue weighted by atomic mass is 31.2. The van der Waals surface area contributed by atoms with E-state index in [0.29, 0.717) is 25.7 Å². The SMILES string of the molecule is CC/C=C\C/C=C\C/C=C\C/C=C\C/C=C\CCCCCC(=O)OCC(COP(=O)(O)OCC(O)COP(=O)(O)OCC(COC(=O)CCCCCCC/C=C\C/C=C\CCC)OC(=O)CCCCCCCCCCCCCCC)OC(=O)CCCCCCCCC/C=C\C/C=C\C/C=C\CC. The van der Waals surface area contributed by atoms with Crippen molar-refractivity contribution in [3.05, 3.63) is 122 Å². The summed E-state index contributed by atoms with van der Waals surface area (Å²) < 4.78 is 68.6. The number of phosphoric acid groups is 2. The molecule has 0 saturated heterocycles. The second kappa shape index (κ2) is 74.7. The fraction of sp³-hybridized carbons (Fsp3) is 0.711. The number of hydrogen-bond donors (Lipinski definition) is 3. The molecule has 0 aromatic carbocycles. The van der Waals surface area contributed by atoms with Gasteiger partial charge < -0.3 is 33.8 Å². The molecule has 0 aliphatic rings. The van der Waals surface area contributed by atoms with Crippen LogP contribution in [0.15, 0.2) is 122 Å². The zero-order chi connectivity index (χ0) is 74.6. The topological polar surface area (TPSA) is 237 Å². The average molecular weight is 1470 g/mol. The van der Waals surface area contributed by atoms with Crippen LogP contribution in [-0.2, 0) is 65.4 Å². The van der Waals surface area contributed by atoms with E-state index in [1.807, 2.05) is 0 Å². The molecule has 3 N–H and O–H groups in total. The first-order valence-corrected chi connectivity index (χ1v) is 42.8. The highest BCUT2D eigenvalue weighted by molar-refractivity contribution is 7.47. The van der Waals surface area contributed by atoms with Crippen LogP contribution < -0.4 is 0 Å². The Balaban J connectivity index is 5.39. The first kappa shape index (κ1) is 97.5. The van der Waals surface area contributed by atoms with Crippen molar-refractivity contribution < 1.29 is 80.2 Å². The number of aliphatic hydroxyl groups excluding tert-OH is 1. The second-order valence-electron chi connectivity index (χ2n) is 26.2. The maximum Gasteiger partial charge on any atom is 0.472 e. The zero-order valence-electron chi connectivity index (χ0n) is 64.0. The zero-order valence-corrected chi connectivity index (χ0v) is 65.8. The summed E-state index contributed by atoms with van der Waals surface area (Å²) in [6.45, 7) is 4.55. The first-order valence-electron chi connectivity index (χ1n) is 39.8. The summed E-state index contributed by atoms with van der Waals surface area (Å²) in [5.74, 6) is -2.23. The molecule has 0 bridgehead atoms. The summed E-state index contributed by atoms with van der Waals surface area (Å²) >= 11 is 0. The van der Waals surface area contributed by atoms with Gasteiger partial charge in [-0.15, -0.1) is 0 Å². The largest absolute Gasteiger partial charge is 0.472 e. The summed E-state index contributed by atoms with van der Waals surface area (Å²) in [6.07, 6.45) is 81.7. The molecule has 0 radical (unpaired) electrons. The molecular weight excluding hydrogens is 1330 g/mol. The van der Waals surface area contributed by atoms with Gasteiger partial charge >= 0.3 is 39.5 Å². The van der Waals surface area contributed by atoms with Crippen molar-refractivity contribution in [1.29, 1.82) is 0 Å². The fourth-order valence-electron chi connectivity index (χ4n) is 10.4. The van der Waals surface area contributed by atoms with E-state index in [4.69, 9.17) is 37.0 Å². The van der Waals surface area contributed by atoms with Crippen molar-refractivity contribution in [2.45, 2.75) is 341 Å². The van der Waals surface area contributed by atoms with Crippen LogP contribution in [0.5, 0.6) is 0 Å². The second-order valence-corrected chi connectivity index (χ2v) is 29.2. The molecule has 0 fully saturated rings. The van der Waals surface area contributed by atoms with Gasteiger partial charge in [-0.3, -0.25) is 37.3 Å². The van der Waals surface area contributed by atoms with E-state index in [2.05, 4.69) is 149 Å². The molecule has 0 amide bonds. The normalized spacial score (nSPS) is 14.5. The van der Waals surface area contributed by atoms with Crippen LogP contribution in [0.3, 0.4) is 0 Å². The van der Waals surface area contributed by atoms with Crippen molar-refractivity contribution in [2.24, 2.45) is 0 Å². The molecule has 0 saturated carbocycles. The molecule has 0 aromatic rings. The van der Waals surface area contributed by atoms with Gasteiger partial charge in [0.15, 0.2) is 12.2 Å². The van der Waals surface area contributed by atoms with Crippen molar-refractivity contribution in [2.75, 3.05) is 39.6 Å². The van der Waals surface area contributed by atoms with Crippen molar-refractivity contribution in [1.82, 2.24) is 0 Å². The van der Waals surface area contributed by atoms with E-state index in [9.17, 15) is 43.2 Å². The number of unbranched alkanes of at least 4 members (excludes halogenated alkanes) is 28.